The van der Waals surface area contributed by atoms with E-state index in [0.29, 0.717) is 12.8 Å². The molecule has 4 nitrogen and oxygen atoms in total. The molecule has 0 aliphatic heterocycles. The van der Waals surface area contributed by atoms with Crippen molar-refractivity contribution >= 4 is 0 Å². The van der Waals surface area contributed by atoms with Crippen LogP contribution in [0.3, 0.4) is 0 Å². The van der Waals surface area contributed by atoms with Gasteiger partial charge in [-0.25, -0.2) is 0 Å². The Kier molecular flexibility index (Phi) is 12.2. The summed E-state index contributed by atoms with van der Waals surface area (Å²) in [5.41, 5.74) is 0. The fraction of sp³-hybridized carbons (Fsp3) is 1.00. The molecule has 0 aromatic rings. The molecule has 0 saturated carbocycles. The van der Waals surface area contributed by atoms with Gasteiger partial charge in [0, 0.05) is 0 Å². The van der Waals surface area contributed by atoms with Crippen LogP contribution in [0.2, 0.25) is 0 Å². The van der Waals surface area contributed by atoms with Crippen molar-refractivity contribution < 1.29 is 20.4 Å². The summed E-state index contributed by atoms with van der Waals surface area (Å²) in [4.78, 5) is 0. The maximum absolute atomic E-state index is 8.63. The van der Waals surface area contributed by atoms with Gasteiger partial charge < -0.3 is 20.4 Å². The van der Waals surface area contributed by atoms with E-state index in [1.165, 1.54) is 32.1 Å². The predicted molar refractivity (Wildman–Crippen MR) is 67.2 cm³/mol. The van der Waals surface area contributed by atoms with E-state index in [2.05, 4.69) is 0 Å². The van der Waals surface area contributed by atoms with E-state index in [1.807, 2.05) is 0 Å². The van der Waals surface area contributed by atoms with E-state index in [1.54, 1.807) is 0 Å². The second-order valence-electron chi connectivity index (χ2n) is 4.72. The third-order valence-electron chi connectivity index (χ3n) is 2.92. The number of aliphatic hydroxyl groups excluding tert-OH is 2. The highest BCUT2D eigenvalue weighted by atomic mass is 16.5. The van der Waals surface area contributed by atoms with Gasteiger partial charge in [0.05, 0.1) is 0 Å². The van der Waals surface area contributed by atoms with E-state index in [0.717, 1.165) is 25.7 Å². The Morgan fingerprint density at radius 1 is 0.412 bits per heavy atom. The lowest BCUT2D eigenvalue weighted by molar-refractivity contribution is -0.0472. The Hall–Kier alpha value is -0.160. The summed E-state index contributed by atoms with van der Waals surface area (Å²) in [5.74, 6) is 0. The van der Waals surface area contributed by atoms with Crippen molar-refractivity contribution in [2.75, 3.05) is 0 Å². The maximum Gasteiger partial charge on any atom is 0.151 e. The molecule has 0 bridgehead atoms. The van der Waals surface area contributed by atoms with Crippen LogP contribution < -0.4 is 0 Å². The highest BCUT2D eigenvalue weighted by Crippen LogP contribution is 2.12. The second-order valence-corrected chi connectivity index (χ2v) is 4.72. The monoisotopic (exact) mass is 248 g/mol. The summed E-state index contributed by atoms with van der Waals surface area (Å²) in [6.07, 6.45) is 8.63. The Morgan fingerprint density at radius 2 is 0.647 bits per heavy atom. The Balaban J connectivity index is 2.94. The van der Waals surface area contributed by atoms with Crippen LogP contribution in [-0.2, 0) is 0 Å². The molecule has 0 radical (unpaired) electrons. The molecular formula is C13H28O4. The average molecular weight is 248 g/mol. The fourth-order valence-electron chi connectivity index (χ4n) is 1.89. The number of hydrogen-bond donors (Lipinski definition) is 4. The topological polar surface area (TPSA) is 80.9 Å². The van der Waals surface area contributed by atoms with Crippen molar-refractivity contribution in [3.63, 3.8) is 0 Å². The molecule has 17 heavy (non-hydrogen) atoms. The van der Waals surface area contributed by atoms with Gasteiger partial charge >= 0.3 is 0 Å². The van der Waals surface area contributed by atoms with Gasteiger partial charge in [0.15, 0.2) is 12.6 Å². The first kappa shape index (κ1) is 16.8. The van der Waals surface area contributed by atoms with Gasteiger partial charge in [-0.2, -0.15) is 0 Å². The SMILES string of the molecule is OC(O)CCCCCCCCCCCC(O)O. The lowest BCUT2D eigenvalue weighted by Crippen LogP contribution is -2.03. The summed E-state index contributed by atoms with van der Waals surface area (Å²) in [6, 6.07) is 0. The zero-order valence-corrected chi connectivity index (χ0v) is 10.7. The lowest BCUT2D eigenvalue weighted by atomic mass is 10.1. The second kappa shape index (κ2) is 12.3. The quantitative estimate of drug-likeness (QED) is 0.314. The molecule has 0 spiro atoms. The molecule has 0 saturated heterocycles. The number of aliphatic hydroxyl groups is 4. The molecular weight excluding hydrogens is 220 g/mol. The van der Waals surface area contributed by atoms with Gasteiger partial charge in [-0.1, -0.05) is 44.9 Å². The van der Waals surface area contributed by atoms with Crippen LogP contribution in [0, 0.1) is 0 Å². The average Bonchev–Trinajstić information content (AvgIpc) is 2.25. The molecule has 0 fully saturated rings. The minimum atomic E-state index is -1.14. The lowest BCUT2D eigenvalue weighted by Gasteiger charge is -2.04. The van der Waals surface area contributed by atoms with Crippen LogP contribution in [0.15, 0.2) is 0 Å². The van der Waals surface area contributed by atoms with Gasteiger partial charge in [-0.05, 0) is 25.7 Å². The van der Waals surface area contributed by atoms with Crippen molar-refractivity contribution in [3.05, 3.63) is 0 Å². The number of unbranched alkanes of at least 4 members (excludes halogenated alkanes) is 8. The van der Waals surface area contributed by atoms with Crippen molar-refractivity contribution in [3.8, 4) is 0 Å². The van der Waals surface area contributed by atoms with Gasteiger partial charge in [0.25, 0.3) is 0 Å². The fourth-order valence-corrected chi connectivity index (χ4v) is 1.89. The summed E-state index contributed by atoms with van der Waals surface area (Å²) in [5, 5.41) is 34.5. The molecule has 0 heterocycles. The molecule has 0 unspecified atom stereocenters. The minimum absolute atomic E-state index is 0.490. The first-order chi connectivity index (χ1) is 8.13. The van der Waals surface area contributed by atoms with Gasteiger partial charge in [-0.15, -0.1) is 0 Å². The molecule has 0 aliphatic carbocycles. The third kappa shape index (κ3) is 15.8. The minimum Gasteiger partial charge on any atom is -0.368 e. The molecule has 0 aliphatic rings. The molecule has 4 N–H and O–H groups in total. The number of hydrogen-bond acceptors (Lipinski definition) is 4. The van der Waals surface area contributed by atoms with E-state index in [9.17, 15) is 0 Å². The molecule has 4 heteroatoms. The zero-order chi connectivity index (χ0) is 12.9. The molecule has 0 atom stereocenters. The highest BCUT2D eigenvalue weighted by Gasteiger charge is 1.98. The van der Waals surface area contributed by atoms with Crippen molar-refractivity contribution in [1.29, 1.82) is 0 Å². The summed E-state index contributed by atoms with van der Waals surface area (Å²) >= 11 is 0. The van der Waals surface area contributed by atoms with Crippen LogP contribution >= 0.6 is 0 Å². The molecule has 0 aromatic carbocycles. The van der Waals surface area contributed by atoms with Crippen LogP contribution in [0.5, 0.6) is 0 Å². The summed E-state index contributed by atoms with van der Waals surface area (Å²) < 4.78 is 0. The molecule has 104 valence electrons. The normalized spacial score (nSPS) is 11.6. The van der Waals surface area contributed by atoms with Gasteiger partial charge in [-0.3, -0.25) is 0 Å². The van der Waals surface area contributed by atoms with Crippen LogP contribution in [0.25, 0.3) is 0 Å². The van der Waals surface area contributed by atoms with Crippen LogP contribution in [0.4, 0.5) is 0 Å². The molecule has 0 rings (SSSR count). The predicted octanol–water partition coefficient (Wildman–Crippen LogP) is 1.90. The van der Waals surface area contributed by atoms with Gasteiger partial charge in [0.2, 0.25) is 0 Å². The number of rotatable bonds is 12. The Labute approximate surface area is 104 Å². The Morgan fingerprint density at radius 3 is 0.882 bits per heavy atom. The standard InChI is InChI=1S/C13H28O4/c14-12(15)10-8-6-4-2-1-3-5-7-9-11-13(16)17/h12-17H,1-11H2. The first-order valence-electron chi connectivity index (χ1n) is 6.85. The highest BCUT2D eigenvalue weighted by molar-refractivity contribution is 4.49. The van der Waals surface area contributed by atoms with Crippen molar-refractivity contribution in [1.82, 2.24) is 0 Å². The third-order valence-corrected chi connectivity index (χ3v) is 2.92. The summed E-state index contributed by atoms with van der Waals surface area (Å²) in [7, 11) is 0. The largest absolute Gasteiger partial charge is 0.368 e. The summed E-state index contributed by atoms with van der Waals surface area (Å²) in [6.45, 7) is 0. The van der Waals surface area contributed by atoms with Crippen molar-refractivity contribution in [2.45, 2.75) is 83.2 Å². The van der Waals surface area contributed by atoms with Crippen molar-refractivity contribution in [2.24, 2.45) is 0 Å². The van der Waals surface area contributed by atoms with E-state index in [-0.39, 0.29) is 0 Å². The van der Waals surface area contributed by atoms with E-state index >= 15 is 0 Å². The van der Waals surface area contributed by atoms with Crippen LogP contribution in [-0.4, -0.2) is 33.0 Å². The van der Waals surface area contributed by atoms with E-state index < -0.39 is 12.6 Å². The van der Waals surface area contributed by atoms with Crippen LogP contribution in [0.1, 0.15) is 70.6 Å². The molecule has 0 amide bonds. The van der Waals surface area contributed by atoms with E-state index in [4.69, 9.17) is 20.4 Å². The maximum atomic E-state index is 8.63. The zero-order valence-electron chi connectivity index (χ0n) is 10.7. The molecule has 0 aromatic heterocycles. The first-order valence-corrected chi connectivity index (χ1v) is 6.85. The Bertz CT molecular complexity index is 132. The van der Waals surface area contributed by atoms with Gasteiger partial charge in [0.1, 0.15) is 0 Å². The smallest absolute Gasteiger partial charge is 0.151 e.